The molecule has 2 heterocycles. The Bertz CT molecular complexity index is 435. The molecule has 1 aromatic rings. The SMILES string of the molecule is Cc1ccccc1C1C(C)N2CCC1C2(C)C. The molecule has 0 aliphatic carbocycles. The predicted molar refractivity (Wildman–Crippen MR) is 72.3 cm³/mol. The van der Waals surface area contributed by atoms with Crippen LogP contribution in [0.5, 0.6) is 0 Å². The summed E-state index contributed by atoms with van der Waals surface area (Å²) in [4.78, 5) is 2.72. The van der Waals surface area contributed by atoms with Gasteiger partial charge in [0, 0.05) is 17.5 Å². The number of benzene rings is 1. The van der Waals surface area contributed by atoms with Crippen LogP contribution in [0, 0.1) is 12.8 Å². The molecule has 0 N–H and O–H groups in total. The first-order chi connectivity index (χ1) is 8.03. The monoisotopic (exact) mass is 229 g/mol. The third-order valence-corrected chi connectivity index (χ3v) is 5.32. The first-order valence-electron chi connectivity index (χ1n) is 6.85. The van der Waals surface area contributed by atoms with Crippen molar-refractivity contribution in [3.8, 4) is 0 Å². The molecule has 92 valence electrons. The molecule has 1 heteroatoms. The zero-order valence-corrected chi connectivity index (χ0v) is 11.4. The van der Waals surface area contributed by atoms with E-state index < -0.39 is 0 Å². The van der Waals surface area contributed by atoms with Crippen LogP contribution in [-0.2, 0) is 0 Å². The zero-order valence-electron chi connectivity index (χ0n) is 11.4. The normalized spacial score (nSPS) is 38.6. The minimum atomic E-state index is 0.395. The highest BCUT2D eigenvalue weighted by Gasteiger charge is 2.56. The highest BCUT2D eigenvalue weighted by Crippen LogP contribution is 2.54. The standard InChI is InChI=1S/C16H23N/c1-11-7-5-6-8-13(11)15-12(2)17-10-9-14(15)16(17,3)4/h5-8,12,14-15H,9-10H2,1-4H3. The molecule has 4 atom stereocenters. The molecule has 4 unspecified atom stereocenters. The number of rotatable bonds is 1. The van der Waals surface area contributed by atoms with E-state index in [1.807, 2.05) is 0 Å². The molecule has 2 fully saturated rings. The zero-order chi connectivity index (χ0) is 12.2. The minimum absolute atomic E-state index is 0.395. The first-order valence-corrected chi connectivity index (χ1v) is 6.85. The van der Waals surface area contributed by atoms with Gasteiger partial charge in [-0.15, -0.1) is 0 Å². The van der Waals surface area contributed by atoms with Crippen molar-refractivity contribution in [2.24, 2.45) is 5.92 Å². The van der Waals surface area contributed by atoms with E-state index in [-0.39, 0.29) is 0 Å². The van der Waals surface area contributed by atoms with Gasteiger partial charge in [-0.3, -0.25) is 4.90 Å². The van der Waals surface area contributed by atoms with Crippen LogP contribution in [0.25, 0.3) is 0 Å². The first kappa shape index (κ1) is 11.3. The van der Waals surface area contributed by atoms with Gasteiger partial charge in [-0.2, -0.15) is 0 Å². The molecular weight excluding hydrogens is 206 g/mol. The molecule has 0 radical (unpaired) electrons. The molecule has 1 nitrogen and oxygen atoms in total. The Morgan fingerprint density at radius 3 is 2.53 bits per heavy atom. The van der Waals surface area contributed by atoms with E-state index in [2.05, 4.69) is 56.9 Å². The summed E-state index contributed by atoms with van der Waals surface area (Å²) < 4.78 is 0. The van der Waals surface area contributed by atoms with Crippen LogP contribution in [0.1, 0.15) is 44.2 Å². The summed E-state index contributed by atoms with van der Waals surface area (Å²) in [5, 5.41) is 0. The highest BCUT2D eigenvalue weighted by atomic mass is 15.3. The third kappa shape index (κ3) is 1.41. The van der Waals surface area contributed by atoms with Gasteiger partial charge in [0.05, 0.1) is 0 Å². The molecule has 1 aromatic carbocycles. The van der Waals surface area contributed by atoms with E-state index in [1.54, 1.807) is 5.56 Å². The van der Waals surface area contributed by atoms with Crippen molar-refractivity contribution >= 4 is 0 Å². The van der Waals surface area contributed by atoms with Crippen molar-refractivity contribution in [2.45, 2.75) is 51.6 Å². The van der Waals surface area contributed by atoms with Crippen molar-refractivity contribution < 1.29 is 0 Å². The lowest BCUT2D eigenvalue weighted by Crippen LogP contribution is -2.39. The fraction of sp³-hybridized carbons (Fsp3) is 0.625. The van der Waals surface area contributed by atoms with Crippen molar-refractivity contribution in [2.75, 3.05) is 6.54 Å². The quantitative estimate of drug-likeness (QED) is 0.711. The number of piperidine rings is 1. The van der Waals surface area contributed by atoms with Crippen LogP contribution in [0.4, 0.5) is 0 Å². The van der Waals surface area contributed by atoms with Gasteiger partial charge in [0.1, 0.15) is 0 Å². The summed E-state index contributed by atoms with van der Waals surface area (Å²) in [7, 11) is 0. The summed E-state index contributed by atoms with van der Waals surface area (Å²) in [6.07, 6.45) is 1.37. The van der Waals surface area contributed by atoms with Crippen molar-refractivity contribution in [3.05, 3.63) is 35.4 Å². The highest BCUT2D eigenvalue weighted by molar-refractivity contribution is 5.34. The summed E-state index contributed by atoms with van der Waals surface area (Å²) >= 11 is 0. The molecule has 17 heavy (non-hydrogen) atoms. The molecular formula is C16H23N. The fourth-order valence-corrected chi connectivity index (χ4v) is 4.45. The summed E-state index contributed by atoms with van der Waals surface area (Å²) in [5.41, 5.74) is 3.45. The molecule has 2 saturated heterocycles. The summed E-state index contributed by atoms with van der Waals surface area (Å²) in [6, 6.07) is 9.65. The van der Waals surface area contributed by atoms with Gasteiger partial charge in [0.2, 0.25) is 0 Å². The fourth-order valence-electron chi connectivity index (χ4n) is 4.45. The average Bonchev–Trinajstić information content (AvgIpc) is 2.66. The third-order valence-electron chi connectivity index (χ3n) is 5.32. The van der Waals surface area contributed by atoms with E-state index in [1.165, 1.54) is 18.5 Å². The average molecular weight is 229 g/mol. The Morgan fingerprint density at radius 1 is 1.24 bits per heavy atom. The Morgan fingerprint density at radius 2 is 1.94 bits per heavy atom. The van der Waals surface area contributed by atoms with Crippen LogP contribution >= 0.6 is 0 Å². The molecule has 0 saturated carbocycles. The smallest absolute Gasteiger partial charge is 0.0191 e. The van der Waals surface area contributed by atoms with Crippen LogP contribution in [-0.4, -0.2) is 23.0 Å². The van der Waals surface area contributed by atoms with Gasteiger partial charge in [-0.1, -0.05) is 24.3 Å². The van der Waals surface area contributed by atoms with Crippen LogP contribution in [0.2, 0.25) is 0 Å². The largest absolute Gasteiger partial charge is 0.295 e. The van der Waals surface area contributed by atoms with Gasteiger partial charge in [-0.05, 0) is 57.7 Å². The number of hydrogen-bond acceptors (Lipinski definition) is 1. The van der Waals surface area contributed by atoms with E-state index in [9.17, 15) is 0 Å². The summed E-state index contributed by atoms with van der Waals surface area (Å²) in [6.45, 7) is 10.8. The molecule has 2 aliphatic rings. The second kappa shape index (κ2) is 3.58. The topological polar surface area (TPSA) is 3.24 Å². The lowest BCUT2D eigenvalue weighted by Gasteiger charge is -2.31. The number of hydrogen-bond donors (Lipinski definition) is 0. The number of fused-ring (bicyclic) bond motifs is 2. The molecule has 0 amide bonds. The molecule has 0 spiro atoms. The molecule has 2 bridgehead atoms. The maximum atomic E-state index is 2.72. The second-order valence-electron chi connectivity index (χ2n) is 6.37. The van der Waals surface area contributed by atoms with E-state index in [0.29, 0.717) is 11.6 Å². The van der Waals surface area contributed by atoms with Gasteiger partial charge in [-0.25, -0.2) is 0 Å². The number of nitrogens with zero attached hydrogens (tertiary/aromatic N) is 1. The minimum Gasteiger partial charge on any atom is -0.295 e. The Hall–Kier alpha value is -0.820. The lowest BCUT2D eigenvalue weighted by molar-refractivity contribution is 0.169. The van der Waals surface area contributed by atoms with Gasteiger partial charge in [0.15, 0.2) is 0 Å². The molecule has 2 aliphatic heterocycles. The van der Waals surface area contributed by atoms with Gasteiger partial charge >= 0.3 is 0 Å². The van der Waals surface area contributed by atoms with E-state index >= 15 is 0 Å². The Labute approximate surface area is 105 Å². The van der Waals surface area contributed by atoms with Crippen LogP contribution < -0.4 is 0 Å². The Kier molecular flexibility index (Phi) is 2.38. The summed E-state index contributed by atoms with van der Waals surface area (Å²) in [5.74, 6) is 1.57. The second-order valence-corrected chi connectivity index (χ2v) is 6.37. The van der Waals surface area contributed by atoms with Crippen LogP contribution in [0.3, 0.4) is 0 Å². The van der Waals surface area contributed by atoms with E-state index in [0.717, 1.165) is 11.8 Å². The molecule has 3 rings (SSSR count). The maximum Gasteiger partial charge on any atom is 0.0191 e. The van der Waals surface area contributed by atoms with Crippen molar-refractivity contribution in [1.82, 2.24) is 4.90 Å². The van der Waals surface area contributed by atoms with E-state index in [4.69, 9.17) is 0 Å². The Balaban J connectivity index is 2.04. The van der Waals surface area contributed by atoms with Crippen LogP contribution in [0.15, 0.2) is 24.3 Å². The van der Waals surface area contributed by atoms with Gasteiger partial charge in [0.25, 0.3) is 0 Å². The van der Waals surface area contributed by atoms with Crippen molar-refractivity contribution in [1.29, 1.82) is 0 Å². The lowest BCUT2D eigenvalue weighted by atomic mass is 9.75. The van der Waals surface area contributed by atoms with Gasteiger partial charge < -0.3 is 0 Å². The number of aryl methyl sites for hydroxylation is 1. The maximum absolute atomic E-state index is 2.72. The molecule has 0 aromatic heterocycles. The van der Waals surface area contributed by atoms with Crippen molar-refractivity contribution in [3.63, 3.8) is 0 Å². The predicted octanol–water partition coefficient (Wildman–Crippen LogP) is 3.58.